The second-order valence-corrected chi connectivity index (χ2v) is 6.36. The van der Waals surface area contributed by atoms with Gasteiger partial charge >= 0.3 is 5.97 Å². The Morgan fingerprint density at radius 3 is 2.70 bits per heavy atom. The Hall–Kier alpha value is -0.580. The topological polar surface area (TPSA) is 75.6 Å². The highest BCUT2D eigenvalue weighted by Gasteiger charge is 2.14. The van der Waals surface area contributed by atoms with Gasteiger partial charge in [-0.3, -0.25) is 9.59 Å². The lowest BCUT2D eigenvalue weighted by Crippen LogP contribution is -2.25. The molecule has 0 heterocycles. The van der Waals surface area contributed by atoms with Crippen LogP contribution >= 0.6 is 45.2 Å². The van der Waals surface area contributed by atoms with Crippen LogP contribution in [-0.4, -0.2) is 30.1 Å². The molecule has 1 amide bonds. The van der Waals surface area contributed by atoms with Gasteiger partial charge in [-0.25, -0.2) is 0 Å². The summed E-state index contributed by atoms with van der Waals surface area (Å²) in [7, 11) is 0. The van der Waals surface area contributed by atoms with Gasteiger partial charge in [-0.2, -0.15) is 0 Å². The van der Waals surface area contributed by atoms with E-state index in [1.165, 1.54) is 0 Å². The Balaban J connectivity index is 2.50. The number of hydrogen-bond donors (Lipinski definition) is 2. The summed E-state index contributed by atoms with van der Waals surface area (Å²) in [6.45, 7) is 2.47. The van der Waals surface area contributed by atoms with Crippen LogP contribution < -0.4 is 5.32 Å². The van der Waals surface area contributed by atoms with Crippen LogP contribution in [-0.2, 0) is 9.53 Å². The summed E-state index contributed by atoms with van der Waals surface area (Å²) in [5.74, 6) is -0.634. The summed E-state index contributed by atoms with van der Waals surface area (Å²) in [6.07, 6.45) is 0.774. The first-order valence-corrected chi connectivity index (χ1v) is 8.23. The molecule has 0 aromatic heterocycles. The number of ether oxygens (including phenoxy) is 1. The summed E-state index contributed by atoms with van der Waals surface area (Å²) in [4.78, 5) is 23.1. The van der Waals surface area contributed by atoms with Crippen molar-refractivity contribution in [1.29, 1.82) is 0 Å². The Bertz CT molecular complexity index is 505. The molecular formula is C13H15I2NO4. The van der Waals surface area contributed by atoms with E-state index < -0.39 is 0 Å². The number of halogens is 2. The maximum atomic E-state index is 11.9. The van der Waals surface area contributed by atoms with Crippen LogP contribution in [0.5, 0.6) is 5.75 Å². The third kappa shape index (κ3) is 5.43. The molecule has 0 aliphatic rings. The smallest absolute Gasteiger partial charge is 0.305 e. The zero-order valence-corrected chi connectivity index (χ0v) is 15.2. The van der Waals surface area contributed by atoms with Crippen LogP contribution in [0.2, 0.25) is 0 Å². The fourth-order valence-electron chi connectivity index (χ4n) is 1.50. The fourth-order valence-corrected chi connectivity index (χ4v) is 3.35. The van der Waals surface area contributed by atoms with E-state index >= 15 is 0 Å². The monoisotopic (exact) mass is 503 g/mol. The molecule has 0 saturated carbocycles. The molecule has 110 valence electrons. The summed E-state index contributed by atoms with van der Waals surface area (Å²) < 4.78 is 6.30. The number of phenols is 1. The highest BCUT2D eigenvalue weighted by Crippen LogP contribution is 2.26. The molecule has 0 unspecified atom stereocenters. The average Bonchev–Trinajstić information content (AvgIpc) is 2.39. The van der Waals surface area contributed by atoms with Gasteiger partial charge in [0.25, 0.3) is 5.91 Å². The predicted molar refractivity (Wildman–Crippen MR) is 91.7 cm³/mol. The SMILES string of the molecule is CCOC(=O)CCCNC(=O)c1cc(I)cc(I)c1O. The summed E-state index contributed by atoms with van der Waals surface area (Å²) in [6, 6.07) is 3.41. The first kappa shape index (κ1) is 17.5. The maximum absolute atomic E-state index is 11.9. The molecule has 2 N–H and O–H groups in total. The van der Waals surface area contributed by atoms with Crippen molar-refractivity contribution in [3.63, 3.8) is 0 Å². The zero-order chi connectivity index (χ0) is 15.1. The molecule has 0 aliphatic carbocycles. The minimum atomic E-state index is -0.345. The number of benzene rings is 1. The lowest BCUT2D eigenvalue weighted by molar-refractivity contribution is -0.143. The largest absolute Gasteiger partial charge is 0.506 e. The van der Waals surface area contributed by atoms with Gasteiger partial charge in [0.1, 0.15) is 5.75 Å². The molecule has 1 aromatic carbocycles. The molecule has 0 fully saturated rings. The summed E-state index contributed by atoms with van der Waals surface area (Å²) in [5, 5.41) is 12.5. The minimum absolute atomic E-state index is 0.0195. The molecule has 0 spiro atoms. The average molecular weight is 503 g/mol. The van der Waals surface area contributed by atoms with Gasteiger partial charge in [0.05, 0.1) is 15.7 Å². The number of aromatic hydroxyl groups is 1. The quantitative estimate of drug-likeness (QED) is 0.356. The molecule has 1 aromatic rings. The Morgan fingerprint density at radius 1 is 1.35 bits per heavy atom. The van der Waals surface area contributed by atoms with Crippen molar-refractivity contribution in [2.75, 3.05) is 13.2 Å². The molecule has 5 nitrogen and oxygen atoms in total. The molecule has 0 radical (unpaired) electrons. The van der Waals surface area contributed by atoms with Crippen molar-refractivity contribution in [3.05, 3.63) is 24.8 Å². The third-order valence-electron chi connectivity index (χ3n) is 2.42. The molecule has 1 rings (SSSR count). The molecule has 0 atom stereocenters. The summed E-state index contributed by atoms with van der Waals surface area (Å²) >= 11 is 4.06. The van der Waals surface area contributed by atoms with E-state index in [0.29, 0.717) is 23.1 Å². The number of nitrogens with one attached hydrogen (secondary N) is 1. The van der Waals surface area contributed by atoms with Crippen LogP contribution in [0, 0.1) is 7.14 Å². The van der Waals surface area contributed by atoms with Gasteiger partial charge in [0.2, 0.25) is 0 Å². The van der Waals surface area contributed by atoms with Gasteiger partial charge in [-0.15, -0.1) is 0 Å². The number of carbonyl (C=O) groups excluding carboxylic acids is 2. The van der Waals surface area contributed by atoms with Gasteiger partial charge in [0.15, 0.2) is 0 Å². The first-order valence-electron chi connectivity index (χ1n) is 6.07. The van der Waals surface area contributed by atoms with Crippen molar-refractivity contribution in [2.45, 2.75) is 19.8 Å². The number of carbonyl (C=O) groups is 2. The Labute approximate surface area is 144 Å². The Kier molecular flexibility index (Phi) is 7.56. The maximum Gasteiger partial charge on any atom is 0.305 e. The van der Waals surface area contributed by atoms with Crippen LogP contribution in [0.25, 0.3) is 0 Å². The van der Waals surface area contributed by atoms with Gasteiger partial charge in [-0.1, -0.05) is 0 Å². The van der Waals surface area contributed by atoms with E-state index in [1.807, 2.05) is 22.6 Å². The predicted octanol–water partition coefficient (Wildman–Crippen LogP) is 2.67. The van der Waals surface area contributed by atoms with Crippen LogP contribution in [0.3, 0.4) is 0 Å². The van der Waals surface area contributed by atoms with Gasteiger partial charge in [-0.05, 0) is 70.7 Å². The number of phenolic OH excluding ortho intramolecular Hbond substituents is 1. The molecule has 7 heteroatoms. The second-order valence-electron chi connectivity index (χ2n) is 3.95. The van der Waals surface area contributed by atoms with E-state index in [0.717, 1.165) is 3.57 Å². The number of esters is 1. The van der Waals surface area contributed by atoms with Crippen LogP contribution in [0.15, 0.2) is 12.1 Å². The van der Waals surface area contributed by atoms with Crippen molar-refractivity contribution in [1.82, 2.24) is 5.32 Å². The Morgan fingerprint density at radius 2 is 2.05 bits per heavy atom. The van der Waals surface area contributed by atoms with E-state index in [9.17, 15) is 14.7 Å². The van der Waals surface area contributed by atoms with Crippen molar-refractivity contribution >= 4 is 57.1 Å². The first-order chi connectivity index (χ1) is 9.45. The molecule has 20 heavy (non-hydrogen) atoms. The van der Waals surface area contributed by atoms with Crippen LogP contribution in [0.4, 0.5) is 0 Å². The van der Waals surface area contributed by atoms with Crippen molar-refractivity contribution in [3.8, 4) is 5.75 Å². The summed E-state index contributed by atoms with van der Waals surface area (Å²) in [5.41, 5.74) is 0.248. The van der Waals surface area contributed by atoms with Crippen molar-refractivity contribution < 1.29 is 19.4 Å². The normalized spacial score (nSPS) is 10.2. The molecule has 0 bridgehead atoms. The van der Waals surface area contributed by atoms with E-state index in [4.69, 9.17) is 4.74 Å². The second kappa shape index (κ2) is 8.65. The molecular weight excluding hydrogens is 488 g/mol. The van der Waals surface area contributed by atoms with Crippen molar-refractivity contribution in [2.24, 2.45) is 0 Å². The van der Waals surface area contributed by atoms with E-state index in [2.05, 4.69) is 27.9 Å². The molecule has 0 saturated heterocycles. The van der Waals surface area contributed by atoms with Gasteiger partial charge in [0, 0.05) is 16.5 Å². The minimum Gasteiger partial charge on any atom is -0.506 e. The number of rotatable bonds is 6. The lowest BCUT2D eigenvalue weighted by Gasteiger charge is -2.08. The lowest BCUT2D eigenvalue weighted by atomic mass is 10.2. The van der Waals surface area contributed by atoms with Crippen LogP contribution in [0.1, 0.15) is 30.1 Å². The highest BCUT2D eigenvalue weighted by atomic mass is 127. The van der Waals surface area contributed by atoms with E-state index in [-0.39, 0.29) is 29.6 Å². The van der Waals surface area contributed by atoms with Gasteiger partial charge < -0.3 is 15.2 Å². The standard InChI is InChI=1S/C13H15I2NO4/c1-2-20-11(17)4-3-5-16-13(19)9-6-8(14)7-10(15)12(9)18/h6-7,18H,2-5H2,1H3,(H,16,19). The number of hydrogen-bond acceptors (Lipinski definition) is 4. The fraction of sp³-hybridized carbons (Fsp3) is 0.385. The number of amides is 1. The highest BCUT2D eigenvalue weighted by molar-refractivity contribution is 14.1. The third-order valence-corrected chi connectivity index (χ3v) is 3.87. The molecule has 0 aliphatic heterocycles. The zero-order valence-electron chi connectivity index (χ0n) is 10.9. The van der Waals surface area contributed by atoms with E-state index in [1.54, 1.807) is 19.1 Å².